The Labute approximate surface area is 146 Å². The summed E-state index contributed by atoms with van der Waals surface area (Å²) in [5, 5.41) is 3.28. The molecule has 1 aromatic carbocycles. The zero-order chi connectivity index (χ0) is 17.3. The predicted octanol–water partition coefficient (Wildman–Crippen LogP) is 3.01. The van der Waals surface area contributed by atoms with Crippen LogP contribution in [0.2, 0.25) is 0 Å². The van der Waals surface area contributed by atoms with Crippen LogP contribution >= 0.6 is 0 Å². The summed E-state index contributed by atoms with van der Waals surface area (Å²) >= 11 is 0. The first-order valence-corrected chi connectivity index (χ1v) is 9.49. The van der Waals surface area contributed by atoms with Gasteiger partial charge < -0.3 is 0 Å². The summed E-state index contributed by atoms with van der Waals surface area (Å²) in [6.07, 6.45) is 2.51. The van der Waals surface area contributed by atoms with E-state index < -0.39 is 0 Å². The Morgan fingerprint density at radius 2 is 1.00 bits per heavy atom. The maximum Gasteiger partial charge on any atom is 0.0248 e. The quantitative estimate of drug-likeness (QED) is 0.724. The molecule has 2 aliphatic heterocycles. The van der Waals surface area contributed by atoms with E-state index in [4.69, 9.17) is 0 Å². The molecule has 2 nitrogen and oxygen atoms in total. The van der Waals surface area contributed by atoms with E-state index in [9.17, 15) is 0 Å². The molecule has 0 saturated carbocycles. The molecule has 130 valence electrons. The minimum absolute atomic E-state index is 0.244. The Balaban J connectivity index is 1.87. The molecule has 0 fully saturated rings. The van der Waals surface area contributed by atoms with Crippen molar-refractivity contribution in [1.82, 2.24) is 9.80 Å². The van der Waals surface area contributed by atoms with E-state index >= 15 is 0 Å². The van der Waals surface area contributed by atoms with Crippen molar-refractivity contribution in [1.29, 1.82) is 0 Å². The van der Waals surface area contributed by atoms with E-state index in [2.05, 4.69) is 63.5 Å². The lowest BCUT2D eigenvalue weighted by Gasteiger charge is -2.43. The number of hydrogen-bond acceptors (Lipinski definition) is 2. The molecular weight excluding hydrogens is 292 g/mol. The van der Waals surface area contributed by atoms with E-state index in [1.54, 1.807) is 32.7 Å². The highest BCUT2D eigenvalue weighted by atomic mass is 15.2. The van der Waals surface area contributed by atoms with Gasteiger partial charge in [0.2, 0.25) is 0 Å². The lowest BCUT2D eigenvalue weighted by Crippen LogP contribution is -2.54. The van der Waals surface area contributed by atoms with Gasteiger partial charge >= 0.3 is 0 Å². The molecule has 24 heavy (non-hydrogen) atoms. The largest absolute Gasteiger partial charge is 0.290 e. The fourth-order valence-electron chi connectivity index (χ4n) is 4.56. The van der Waals surface area contributed by atoms with Gasteiger partial charge in [-0.15, -0.1) is 0 Å². The van der Waals surface area contributed by atoms with E-state index in [-0.39, 0.29) is 11.1 Å². The van der Waals surface area contributed by atoms with Crippen LogP contribution in [-0.2, 0) is 13.1 Å². The predicted molar refractivity (Wildman–Crippen MR) is 102 cm³/mol. The third kappa shape index (κ3) is 2.55. The molecule has 0 amide bonds. The molecule has 2 heterocycles. The Morgan fingerprint density at radius 3 is 1.33 bits per heavy atom. The van der Waals surface area contributed by atoms with Crippen LogP contribution < -0.4 is 10.4 Å². The van der Waals surface area contributed by atoms with Crippen LogP contribution in [0.25, 0.3) is 11.1 Å². The van der Waals surface area contributed by atoms with Gasteiger partial charge in [0.05, 0.1) is 0 Å². The average molecular weight is 325 g/mol. The lowest BCUT2D eigenvalue weighted by atomic mass is 9.83. The highest BCUT2D eigenvalue weighted by Gasteiger charge is 2.32. The Morgan fingerprint density at radius 1 is 0.625 bits per heavy atom. The summed E-state index contributed by atoms with van der Waals surface area (Å²) in [7, 11) is 0. The van der Waals surface area contributed by atoms with Crippen LogP contribution in [-0.4, -0.2) is 34.0 Å². The SMILES string of the molecule is CC(C)(C)N1CC2=c3c(ccc4c3=C(CC2)CN(C(C)(C)C)C4)C1. The summed E-state index contributed by atoms with van der Waals surface area (Å²) in [6.45, 7) is 18.6. The zero-order valence-corrected chi connectivity index (χ0v) is 16.3. The molecule has 4 rings (SSSR count). The van der Waals surface area contributed by atoms with Crippen LogP contribution in [0.3, 0.4) is 0 Å². The maximum atomic E-state index is 2.65. The van der Waals surface area contributed by atoms with E-state index in [0.29, 0.717) is 0 Å². The fourth-order valence-corrected chi connectivity index (χ4v) is 4.56. The van der Waals surface area contributed by atoms with Crippen LogP contribution in [0.5, 0.6) is 0 Å². The monoisotopic (exact) mass is 324 g/mol. The van der Waals surface area contributed by atoms with Crippen molar-refractivity contribution in [2.45, 2.75) is 78.6 Å². The van der Waals surface area contributed by atoms with Gasteiger partial charge in [-0.05, 0) is 87.1 Å². The third-order valence-electron chi connectivity index (χ3n) is 6.20. The second-order valence-corrected chi connectivity index (χ2v) is 9.89. The van der Waals surface area contributed by atoms with Gasteiger partial charge in [-0.3, -0.25) is 9.80 Å². The van der Waals surface area contributed by atoms with Gasteiger partial charge in [0.15, 0.2) is 0 Å². The lowest BCUT2D eigenvalue weighted by molar-refractivity contribution is 0.137. The van der Waals surface area contributed by atoms with Crippen molar-refractivity contribution < 1.29 is 0 Å². The summed E-state index contributed by atoms with van der Waals surface area (Å²) in [5.41, 5.74) is 6.99. The normalized spacial score (nSPS) is 21.9. The molecule has 0 saturated heterocycles. The maximum absolute atomic E-state index is 2.65. The van der Waals surface area contributed by atoms with Crippen molar-refractivity contribution in [2.24, 2.45) is 0 Å². The van der Waals surface area contributed by atoms with Crippen LogP contribution in [0.4, 0.5) is 0 Å². The van der Waals surface area contributed by atoms with Crippen LogP contribution in [0.15, 0.2) is 12.1 Å². The molecule has 1 aliphatic carbocycles. The topological polar surface area (TPSA) is 6.48 Å². The van der Waals surface area contributed by atoms with Gasteiger partial charge in [-0.2, -0.15) is 0 Å². The van der Waals surface area contributed by atoms with E-state index in [1.807, 2.05) is 0 Å². The Bertz CT molecular complexity index is 733. The van der Waals surface area contributed by atoms with Gasteiger partial charge in [-0.25, -0.2) is 0 Å². The molecule has 0 atom stereocenters. The number of hydrogen-bond donors (Lipinski definition) is 0. The van der Waals surface area contributed by atoms with Crippen molar-refractivity contribution in [3.05, 3.63) is 33.7 Å². The minimum atomic E-state index is 0.244. The molecule has 3 aliphatic rings. The summed E-state index contributed by atoms with van der Waals surface area (Å²) in [4.78, 5) is 5.29. The fraction of sp³-hybridized carbons (Fsp3) is 0.636. The first-order valence-electron chi connectivity index (χ1n) is 9.49. The Hall–Kier alpha value is -1.12. The third-order valence-corrected chi connectivity index (χ3v) is 6.20. The molecule has 0 spiro atoms. The minimum Gasteiger partial charge on any atom is -0.290 e. The van der Waals surface area contributed by atoms with Gasteiger partial charge in [0.1, 0.15) is 0 Å². The van der Waals surface area contributed by atoms with Gasteiger partial charge in [0.25, 0.3) is 0 Å². The van der Waals surface area contributed by atoms with Gasteiger partial charge in [-0.1, -0.05) is 12.1 Å². The van der Waals surface area contributed by atoms with E-state index in [0.717, 1.165) is 26.2 Å². The first-order chi connectivity index (χ1) is 11.1. The van der Waals surface area contributed by atoms with Crippen molar-refractivity contribution in [3.63, 3.8) is 0 Å². The highest BCUT2D eigenvalue weighted by molar-refractivity contribution is 5.64. The second-order valence-electron chi connectivity index (χ2n) is 9.89. The molecule has 0 N–H and O–H groups in total. The molecule has 0 unspecified atom stereocenters. The standard InChI is InChI=1S/C22H32N2/c1-21(2,3)23-11-15-7-9-17-13-24(22(4,5)6)14-18-10-8-16(12-23)19(15)20(17)18/h7,9H,8,10-14H2,1-6H3. The van der Waals surface area contributed by atoms with E-state index in [1.165, 1.54) is 12.8 Å². The molecule has 2 heteroatoms. The summed E-state index contributed by atoms with van der Waals surface area (Å²) < 4.78 is 0. The highest BCUT2D eigenvalue weighted by Crippen LogP contribution is 2.29. The molecular formula is C22H32N2. The van der Waals surface area contributed by atoms with Crippen LogP contribution in [0, 0.1) is 0 Å². The number of benzene rings is 1. The average Bonchev–Trinajstić information content (AvgIpc) is 2.50. The molecule has 1 aromatic rings. The second kappa shape index (κ2) is 5.19. The zero-order valence-electron chi connectivity index (χ0n) is 16.3. The van der Waals surface area contributed by atoms with Gasteiger partial charge in [0, 0.05) is 37.3 Å². The van der Waals surface area contributed by atoms with Crippen molar-refractivity contribution >= 4 is 11.1 Å². The molecule has 0 aromatic heterocycles. The Kier molecular flexibility index (Phi) is 3.54. The summed E-state index contributed by atoms with van der Waals surface area (Å²) in [5.74, 6) is 0. The first kappa shape index (κ1) is 16.4. The smallest absolute Gasteiger partial charge is 0.0248 e. The van der Waals surface area contributed by atoms with Crippen molar-refractivity contribution in [3.8, 4) is 0 Å². The number of nitrogens with zero attached hydrogens (tertiary/aromatic N) is 2. The molecule has 0 bridgehead atoms. The van der Waals surface area contributed by atoms with Crippen molar-refractivity contribution in [2.75, 3.05) is 13.1 Å². The number of rotatable bonds is 0. The molecule has 0 radical (unpaired) electrons. The van der Waals surface area contributed by atoms with Crippen LogP contribution in [0.1, 0.15) is 65.5 Å². The summed E-state index contributed by atoms with van der Waals surface area (Å²) in [6, 6.07) is 4.84.